The lowest BCUT2D eigenvalue weighted by Gasteiger charge is -2.10. The Morgan fingerprint density at radius 3 is 2.75 bits per heavy atom. The van der Waals surface area contributed by atoms with Crippen molar-refractivity contribution in [2.24, 2.45) is 0 Å². The molecule has 0 saturated heterocycles. The largest absolute Gasteiger partial charge is 0.434 e. The second-order valence-electron chi connectivity index (χ2n) is 5.16. The summed E-state index contributed by atoms with van der Waals surface area (Å²) in [6, 6.07) is 17.6. The average Bonchev–Trinajstić information content (AvgIpc) is 3.20. The number of cyclic esters (lactones) is 1. The fourth-order valence-corrected chi connectivity index (χ4v) is 4.14. The highest BCUT2D eigenvalue weighted by Crippen LogP contribution is 2.34. The zero-order valence-electron chi connectivity index (χ0n) is 12.5. The number of carbonyl (C=O) groups is 1. The molecule has 24 heavy (non-hydrogen) atoms. The average molecular weight is 355 g/mol. The predicted molar refractivity (Wildman–Crippen MR) is 94.1 cm³/mol. The number of rotatable bonds is 5. The lowest BCUT2D eigenvalue weighted by atomic mass is 10.1. The van der Waals surface area contributed by atoms with Crippen molar-refractivity contribution < 1.29 is 9.53 Å². The van der Waals surface area contributed by atoms with Crippen molar-refractivity contribution in [3.05, 3.63) is 71.3 Å². The zero-order valence-corrected chi connectivity index (χ0v) is 14.1. The van der Waals surface area contributed by atoms with Gasteiger partial charge in [0.2, 0.25) is 11.4 Å². The third-order valence-corrected chi connectivity index (χ3v) is 5.61. The van der Waals surface area contributed by atoms with E-state index in [2.05, 4.69) is 27.6 Å². The Hall–Kier alpha value is -2.38. The van der Waals surface area contributed by atoms with Crippen molar-refractivity contribution in [3.63, 3.8) is 0 Å². The van der Waals surface area contributed by atoms with Crippen LogP contribution in [0.4, 0.5) is 5.13 Å². The SMILES string of the molecule is O=C1OC(Nc2nnc(SCc3ccccc3)s2)c2ccccc21. The molecule has 0 spiro atoms. The van der Waals surface area contributed by atoms with E-state index in [1.165, 1.54) is 16.9 Å². The Morgan fingerprint density at radius 2 is 1.88 bits per heavy atom. The van der Waals surface area contributed by atoms with Crippen LogP contribution >= 0.6 is 23.1 Å². The van der Waals surface area contributed by atoms with Crippen molar-refractivity contribution in [2.75, 3.05) is 5.32 Å². The van der Waals surface area contributed by atoms with E-state index in [0.717, 1.165) is 15.7 Å². The molecule has 0 radical (unpaired) electrons. The molecule has 4 rings (SSSR count). The Morgan fingerprint density at radius 1 is 1.08 bits per heavy atom. The van der Waals surface area contributed by atoms with Crippen LogP contribution in [0.3, 0.4) is 0 Å². The minimum Gasteiger partial charge on any atom is -0.434 e. The van der Waals surface area contributed by atoms with Gasteiger partial charge in [0.25, 0.3) is 0 Å². The molecule has 0 bridgehead atoms. The fraction of sp³-hybridized carbons (Fsp3) is 0.118. The van der Waals surface area contributed by atoms with Gasteiger partial charge in [-0.2, -0.15) is 0 Å². The maximum absolute atomic E-state index is 11.8. The molecule has 7 heteroatoms. The summed E-state index contributed by atoms with van der Waals surface area (Å²) >= 11 is 3.09. The van der Waals surface area contributed by atoms with Crippen LogP contribution in [0.2, 0.25) is 0 Å². The van der Waals surface area contributed by atoms with Crippen LogP contribution in [-0.4, -0.2) is 16.2 Å². The molecule has 3 aromatic rings. The molecule has 1 aliphatic heterocycles. The van der Waals surface area contributed by atoms with Crippen LogP contribution in [0.25, 0.3) is 0 Å². The summed E-state index contributed by atoms with van der Waals surface area (Å²) in [4.78, 5) is 11.8. The first-order chi connectivity index (χ1) is 11.8. The number of esters is 1. The number of carbonyl (C=O) groups excluding carboxylic acids is 1. The van der Waals surface area contributed by atoms with Gasteiger partial charge in [0.1, 0.15) is 0 Å². The van der Waals surface area contributed by atoms with Crippen LogP contribution in [0.5, 0.6) is 0 Å². The lowest BCUT2D eigenvalue weighted by molar-refractivity contribution is 0.0437. The minimum absolute atomic E-state index is 0.314. The summed E-state index contributed by atoms with van der Waals surface area (Å²) in [5.74, 6) is 0.530. The van der Waals surface area contributed by atoms with Crippen molar-refractivity contribution in [1.82, 2.24) is 10.2 Å². The highest BCUT2D eigenvalue weighted by Gasteiger charge is 2.31. The molecular weight excluding hydrogens is 342 g/mol. The van der Waals surface area contributed by atoms with Gasteiger partial charge >= 0.3 is 5.97 Å². The Bertz CT molecular complexity index is 867. The first-order valence-electron chi connectivity index (χ1n) is 7.36. The number of nitrogens with zero attached hydrogens (tertiary/aromatic N) is 2. The number of nitrogens with one attached hydrogen (secondary N) is 1. The van der Waals surface area contributed by atoms with E-state index in [4.69, 9.17) is 4.74 Å². The van der Waals surface area contributed by atoms with E-state index in [1.807, 2.05) is 36.4 Å². The van der Waals surface area contributed by atoms with Crippen LogP contribution in [0, 0.1) is 0 Å². The Kier molecular flexibility index (Phi) is 4.18. The first kappa shape index (κ1) is 15.2. The molecule has 0 saturated carbocycles. The summed E-state index contributed by atoms with van der Waals surface area (Å²) in [5.41, 5.74) is 2.67. The summed E-state index contributed by atoms with van der Waals surface area (Å²) < 4.78 is 6.23. The quantitative estimate of drug-likeness (QED) is 0.549. The van der Waals surface area contributed by atoms with Gasteiger partial charge in [0, 0.05) is 11.3 Å². The van der Waals surface area contributed by atoms with Crippen LogP contribution in [0.15, 0.2) is 58.9 Å². The maximum atomic E-state index is 11.8. The smallest absolute Gasteiger partial charge is 0.340 e. The number of ether oxygens (including phenoxy) is 1. The van der Waals surface area contributed by atoms with Gasteiger partial charge in [-0.3, -0.25) is 0 Å². The van der Waals surface area contributed by atoms with Gasteiger partial charge in [-0.1, -0.05) is 71.6 Å². The number of fused-ring (bicyclic) bond motifs is 1. The van der Waals surface area contributed by atoms with E-state index >= 15 is 0 Å². The molecule has 1 atom stereocenters. The summed E-state index contributed by atoms with van der Waals surface area (Å²) in [6.45, 7) is 0. The zero-order chi connectivity index (χ0) is 16.4. The van der Waals surface area contributed by atoms with Crippen molar-refractivity contribution in [2.45, 2.75) is 16.3 Å². The number of hydrogen-bond acceptors (Lipinski definition) is 7. The number of thioether (sulfide) groups is 1. The van der Waals surface area contributed by atoms with E-state index in [0.29, 0.717) is 10.7 Å². The molecule has 5 nitrogen and oxygen atoms in total. The number of benzene rings is 2. The highest BCUT2D eigenvalue weighted by atomic mass is 32.2. The van der Waals surface area contributed by atoms with Crippen molar-refractivity contribution in [1.29, 1.82) is 0 Å². The normalized spacial score (nSPS) is 15.8. The number of aromatic nitrogens is 2. The molecule has 1 N–H and O–H groups in total. The highest BCUT2D eigenvalue weighted by molar-refractivity contribution is 8.00. The van der Waals surface area contributed by atoms with Gasteiger partial charge in [-0.25, -0.2) is 4.79 Å². The van der Waals surface area contributed by atoms with E-state index in [9.17, 15) is 4.79 Å². The predicted octanol–water partition coefficient (Wildman–Crippen LogP) is 4.11. The molecular formula is C17H13N3O2S2. The first-order valence-corrected chi connectivity index (χ1v) is 9.16. The van der Waals surface area contributed by atoms with Crippen molar-refractivity contribution >= 4 is 34.2 Å². The fourth-order valence-electron chi connectivity index (χ4n) is 2.41. The van der Waals surface area contributed by atoms with Gasteiger partial charge in [0.15, 0.2) is 4.34 Å². The summed E-state index contributed by atoms with van der Waals surface area (Å²) in [5, 5.41) is 12.1. The maximum Gasteiger partial charge on any atom is 0.340 e. The van der Waals surface area contributed by atoms with Crippen molar-refractivity contribution in [3.8, 4) is 0 Å². The Balaban J connectivity index is 1.42. The molecule has 2 heterocycles. The molecule has 120 valence electrons. The standard InChI is InChI=1S/C17H13N3O2S2/c21-15-13-9-5-4-8-12(13)14(22-15)18-16-19-20-17(24-16)23-10-11-6-2-1-3-7-11/h1-9,14H,10H2,(H,18,19). The molecule has 0 fully saturated rings. The van der Waals surface area contributed by atoms with Gasteiger partial charge in [-0.15, -0.1) is 10.2 Å². The van der Waals surface area contributed by atoms with Gasteiger partial charge < -0.3 is 10.1 Å². The molecule has 0 aliphatic carbocycles. The Labute approximate surface area is 147 Å². The summed E-state index contributed by atoms with van der Waals surface area (Å²) in [7, 11) is 0. The van der Waals surface area contributed by atoms with E-state index in [-0.39, 0.29) is 5.97 Å². The second-order valence-corrected chi connectivity index (χ2v) is 7.36. The van der Waals surface area contributed by atoms with Crippen LogP contribution < -0.4 is 5.32 Å². The molecule has 1 unspecified atom stereocenters. The van der Waals surface area contributed by atoms with Crippen LogP contribution in [-0.2, 0) is 10.5 Å². The molecule has 2 aromatic carbocycles. The molecule has 1 aliphatic rings. The molecule has 1 aromatic heterocycles. The molecule has 0 amide bonds. The second kappa shape index (κ2) is 6.62. The van der Waals surface area contributed by atoms with Gasteiger partial charge in [0.05, 0.1) is 5.56 Å². The summed E-state index contributed by atoms with van der Waals surface area (Å²) in [6.07, 6.45) is -0.506. The van der Waals surface area contributed by atoms with E-state index in [1.54, 1.807) is 17.8 Å². The van der Waals surface area contributed by atoms with Crippen LogP contribution in [0.1, 0.15) is 27.7 Å². The minimum atomic E-state index is -0.506. The lowest BCUT2D eigenvalue weighted by Crippen LogP contribution is -2.09. The third-order valence-electron chi connectivity index (χ3n) is 3.55. The monoisotopic (exact) mass is 355 g/mol. The third kappa shape index (κ3) is 3.13. The number of hydrogen-bond donors (Lipinski definition) is 1. The van der Waals surface area contributed by atoms with E-state index < -0.39 is 6.23 Å². The van der Waals surface area contributed by atoms with Gasteiger partial charge in [-0.05, 0) is 11.6 Å². The number of anilines is 1. The topological polar surface area (TPSA) is 64.1 Å².